The molecule has 12 nitrogen and oxygen atoms in total. The molecule has 1 aromatic rings. The lowest BCUT2D eigenvalue weighted by Gasteiger charge is -2.35. The van der Waals surface area contributed by atoms with Gasteiger partial charge < -0.3 is 20.6 Å². The van der Waals surface area contributed by atoms with E-state index in [9.17, 15) is 33.9 Å². The van der Waals surface area contributed by atoms with Crippen LogP contribution < -0.4 is 10.6 Å². The first-order chi connectivity index (χ1) is 25.1. The number of likely N-dealkylation sites (tertiary alicyclic amines) is 1. The van der Waals surface area contributed by atoms with Crippen LogP contribution in [-0.4, -0.2) is 85.6 Å². The molecule has 53 heavy (non-hydrogen) atoms. The molecule has 3 fully saturated rings. The maximum Gasteiger partial charge on any atom is 0.381 e. The van der Waals surface area contributed by atoms with Crippen molar-refractivity contribution in [3.8, 4) is 0 Å². The lowest BCUT2D eigenvalue weighted by atomic mass is 9.77. The number of aliphatic hydroxyl groups excluding tert-OH is 1. The van der Waals surface area contributed by atoms with Crippen molar-refractivity contribution < 1.29 is 42.7 Å². The average molecular weight is 744 g/mol. The third-order valence-corrected chi connectivity index (χ3v) is 11.4. The predicted molar refractivity (Wildman–Crippen MR) is 191 cm³/mol. The summed E-state index contributed by atoms with van der Waals surface area (Å²) in [5.41, 5.74) is 0.159. The van der Waals surface area contributed by atoms with E-state index in [2.05, 4.69) is 21.9 Å². The minimum Gasteiger partial charge on any atom is -0.511 e. The van der Waals surface area contributed by atoms with Gasteiger partial charge in [-0.05, 0) is 62.7 Å². The second kappa shape index (κ2) is 18.3. The van der Waals surface area contributed by atoms with Crippen molar-refractivity contribution in [2.75, 3.05) is 6.54 Å². The van der Waals surface area contributed by atoms with Crippen LogP contribution in [0.15, 0.2) is 30.9 Å². The number of Topliss-reactive ketones (excluding diaryl/α,β-unsaturated/α-hetero) is 3. The number of rotatable bonds is 18. The zero-order valence-corrected chi connectivity index (χ0v) is 31.3. The number of nitrogens with zero attached hydrogens (tertiary/aromatic N) is 3. The Labute approximate surface area is 310 Å². The summed E-state index contributed by atoms with van der Waals surface area (Å²) in [5.74, 6) is -13.2. The van der Waals surface area contributed by atoms with Gasteiger partial charge in [0.15, 0.2) is 11.6 Å². The molecule has 1 aliphatic heterocycles. The first-order valence-electron chi connectivity index (χ1n) is 19.1. The Morgan fingerprint density at radius 1 is 0.981 bits per heavy atom. The van der Waals surface area contributed by atoms with Crippen LogP contribution in [0.4, 0.5) is 8.78 Å². The van der Waals surface area contributed by atoms with E-state index in [-0.39, 0.29) is 55.0 Å². The highest BCUT2D eigenvalue weighted by molar-refractivity contribution is 6.09. The Balaban J connectivity index is 1.55. The first kappa shape index (κ1) is 41.7. The van der Waals surface area contributed by atoms with Crippen molar-refractivity contribution in [3.05, 3.63) is 36.6 Å². The molecule has 7 atom stereocenters. The summed E-state index contributed by atoms with van der Waals surface area (Å²) in [5, 5.41) is 14.3. The highest BCUT2D eigenvalue weighted by atomic mass is 19.3. The Hall–Kier alpha value is -4.10. The van der Waals surface area contributed by atoms with E-state index in [0.29, 0.717) is 6.42 Å². The normalized spacial score (nSPS) is 22.7. The van der Waals surface area contributed by atoms with Crippen LogP contribution in [0.1, 0.15) is 115 Å². The summed E-state index contributed by atoms with van der Waals surface area (Å²) < 4.78 is 30.5. The molecule has 1 aromatic heterocycles. The molecule has 2 aliphatic carbocycles. The molecule has 0 spiro atoms. The highest BCUT2D eigenvalue weighted by Crippen LogP contribution is 2.44. The monoisotopic (exact) mass is 743 g/mol. The average Bonchev–Trinajstić information content (AvgIpc) is 3.74. The van der Waals surface area contributed by atoms with Crippen molar-refractivity contribution in [1.82, 2.24) is 25.5 Å². The number of alkyl halides is 2. The molecule has 2 heterocycles. The van der Waals surface area contributed by atoms with Crippen LogP contribution in [-0.2, 0) is 24.0 Å². The molecule has 4 rings (SSSR count). The third kappa shape index (κ3) is 9.91. The molecule has 3 aliphatic rings. The first-order valence-corrected chi connectivity index (χ1v) is 19.1. The molecule has 2 saturated carbocycles. The number of carbonyl (C=O) groups is 6. The zero-order chi connectivity index (χ0) is 39.0. The summed E-state index contributed by atoms with van der Waals surface area (Å²) in [6.45, 7) is 9.95. The van der Waals surface area contributed by atoms with Gasteiger partial charge in [-0.2, -0.15) is 8.78 Å². The van der Waals surface area contributed by atoms with E-state index in [1.165, 1.54) is 30.4 Å². The summed E-state index contributed by atoms with van der Waals surface area (Å²) in [6.07, 6.45) is 10.5. The second-order valence-corrected chi connectivity index (χ2v) is 15.5. The van der Waals surface area contributed by atoms with Gasteiger partial charge in [0.05, 0.1) is 18.3 Å². The third-order valence-electron chi connectivity index (χ3n) is 11.4. The van der Waals surface area contributed by atoms with E-state index < -0.39 is 83.3 Å². The van der Waals surface area contributed by atoms with Gasteiger partial charge in [0.25, 0.3) is 5.91 Å². The summed E-state index contributed by atoms with van der Waals surface area (Å²) in [4.78, 5) is 91.2. The minimum absolute atomic E-state index is 0.00313. The number of nitrogens with one attached hydrogen (secondary N) is 2. The molecule has 0 aromatic carbocycles. The standard InChI is InChI=1S/C39H55F2N5O7/c1-6-11-26(35(50)39(40,41)38(53)44-23(4)24(5)47)18-32(49)34-28-15-10-14-27(28)21-46(34)37(52)33(22(2)3)45-36(51)29(25-12-8-7-9-13-25)19-31(48)30-20-42-16-17-43-30/h16-17,20,22-23,25-29,33-34,47H,5-15,18-19,21H2,1-4H3,(H,44,53)(H,45,51)/t23-,26+,27-,28-,29-,33-,34-/m0/s1. The van der Waals surface area contributed by atoms with Gasteiger partial charge in [-0.25, -0.2) is 4.98 Å². The van der Waals surface area contributed by atoms with Gasteiger partial charge >= 0.3 is 5.92 Å². The van der Waals surface area contributed by atoms with Crippen molar-refractivity contribution in [2.45, 2.75) is 129 Å². The molecule has 0 radical (unpaired) electrons. The number of aromatic nitrogens is 2. The Kier molecular flexibility index (Phi) is 14.4. The molecule has 292 valence electrons. The summed E-state index contributed by atoms with van der Waals surface area (Å²) in [6, 6.07) is -3.23. The van der Waals surface area contributed by atoms with Gasteiger partial charge in [-0.1, -0.05) is 59.5 Å². The number of aliphatic hydroxyl groups is 1. The molecular weight excluding hydrogens is 688 g/mol. The number of ketones is 3. The highest BCUT2D eigenvalue weighted by Gasteiger charge is 2.54. The molecule has 0 unspecified atom stereocenters. The maximum absolute atomic E-state index is 15.2. The van der Waals surface area contributed by atoms with Gasteiger partial charge in [-0.15, -0.1) is 0 Å². The molecule has 1 saturated heterocycles. The smallest absolute Gasteiger partial charge is 0.381 e. The number of carbonyl (C=O) groups excluding carboxylic acids is 6. The SMILES string of the molecule is C=C(O)[C@H](C)NC(=O)C(F)(F)C(=O)[C@H](CCC)CC(=O)[C@@H]1[C@H]2CCC[C@H]2CN1C(=O)[C@@H](NC(=O)[C@@H](CC(=O)c1cnccn1)C1CCCCC1)C(C)C. The lowest BCUT2D eigenvalue weighted by molar-refractivity contribution is -0.162. The molecular formula is C39H55F2N5O7. The van der Waals surface area contributed by atoms with Gasteiger partial charge in [0, 0.05) is 43.6 Å². The predicted octanol–water partition coefficient (Wildman–Crippen LogP) is 5.17. The number of halogens is 2. The van der Waals surface area contributed by atoms with E-state index in [4.69, 9.17) is 0 Å². The van der Waals surface area contributed by atoms with E-state index in [0.717, 1.165) is 44.9 Å². The van der Waals surface area contributed by atoms with E-state index in [1.54, 1.807) is 20.8 Å². The second-order valence-electron chi connectivity index (χ2n) is 15.5. The van der Waals surface area contributed by atoms with Crippen molar-refractivity contribution in [2.24, 2.45) is 35.5 Å². The molecule has 3 N–H and O–H groups in total. The van der Waals surface area contributed by atoms with Crippen molar-refractivity contribution in [1.29, 1.82) is 0 Å². The fraction of sp³-hybridized carbons (Fsp3) is 0.692. The minimum atomic E-state index is -4.47. The fourth-order valence-corrected chi connectivity index (χ4v) is 8.43. The topological polar surface area (TPSA) is 176 Å². The van der Waals surface area contributed by atoms with Crippen LogP contribution in [0, 0.1) is 35.5 Å². The van der Waals surface area contributed by atoms with Gasteiger partial charge in [0.2, 0.25) is 17.6 Å². The maximum atomic E-state index is 15.2. The summed E-state index contributed by atoms with van der Waals surface area (Å²) >= 11 is 0. The largest absolute Gasteiger partial charge is 0.511 e. The lowest BCUT2D eigenvalue weighted by Crippen LogP contribution is -2.56. The van der Waals surface area contributed by atoms with E-state index in [1.807, 2.05) is 5.32 Å². The number of fused-ring (bicyclic) bond motifs is 1. The fourth-order valence-electron chi connectivity index (χ4n) is 8.43. The number of hydrogen-bond acceptors (Lipinski definition) is 9. The quantitative estimate of drug-likeness (QED) is 0.104. The van der Waals surface area contributed by atoms with Crippen LogP contribution >= 0.6 is 0 Å². The van der Waals surface area contributed by atoms with Gasteiger partial charge in [-0.3, -0.25) is 33.8 Å². The van der Waals surface area contributed by atoms with Gasteiger partial charge in [0.1, 0.15) is 17.5 Å². The Morgan fingerprint density at radius 3 is 2.28 bits per heavy atom. The Bertz CT molecular complexity index is 1520. The molecule has 14 heteroatoms. The van der Waals surface area contributed by atoms with Crippen LogP contribution in [0.2, 0.25) is 0 Å². The Morgan fingerprint density at radius 2 is 1.68 bits per heavy atom. The molecule has 0 bridgehead atoms. The number of amides is 3. The van der Waals surface area contributed by atoms with Crippen LogP contribution in [0.5, 0.6) is 0 Å². The van der Waals surface area contributed by atoms with Crippen molar-refractivity contribution >= 4 is 35.1 Å². The summed E-state index contributed by atoms with van der Waals surface area (Å²) in [7, 11) is 0. The zero-order valence-electron chi connectivity index (χ0n) is 31.3. The van der Waals surface area contributed by atoms with Crippen LogP contribution in [0.25, 0.3) is 0 Å². The van der Waals surface area contributed by atoms with Crippen LogP contribution in [0.3, 0.4) is 0 Å². The van der Waals surface area contributed by atoms with E-state index >= 15 is 8.78 Å². The number of hydrogen-bond donors (Lipinski definition) is 3. The van der Waals surface area contributed by atoms with Crippen molar-refractivity contribution in [3.63, 3.8) is 0 Å². The molecule has 3 amide bonds.